The van der Waals surface area contributed by atoms with Crippen LogP contribution in [-0.4, -0.2) is 50.3 Å². The Morgan fingerprint density at radius 3 is 2.75 bits per heavy atom. The first-order chi connectivity index (χ1) is 7.88. The molecule has 2 aliphatic rings. The van der Waals surface area contributed by atoms with Gasteiger partial charge in [0.25, 0.3) is 0 Å². The monoisotopic (exact) mass is 224 g/mol. The lowest BCUT2D eigenvalue weighted by Gasteiger charge is -2.32. The van der Waals surface area contributed by atoms with Crippen molar-refractivity contribution in [2.75, 3.05) is 39.4 Å². The first-order valence-corrected chi connectivity index (χ1v) is 6.53. The number of rotatable bonds is 5. The number of likely N-dealkylation sites (tertiary alicyclic amines) is 1. The lowest BCUT2D eigenvalue weighted by atomic mass is 10.0. The van der Waals surface area contributed by atoms with E-state index in [1.54, 1.807) is 0 Å². The third-order valence-corrected chi connectivity index (χ3v) is 3.69. The van der Waals surface area contributed by atoms with Crippen LogP contribution in [0.1, 0.15) is 19.3 Å². The fourth-order valence-electron chi connectivity index (χ4n) is 2.58. The summed E-state index contributed by atoms with van der Waals surface area (Å²) in [6.45, 7) is 10.3. The van der Waals surface area contributed by atoms with E-state index in [0.717, 1.165) is 38.3 Å². The van der Waals surface area contributed by atoms with Gasteiger partial charge in [-0.15, -0.1) is 6.58 Å². The Morgan fingerprint density at radius 1 is 1.31 bits per heavy atom. The molecule has 0 aromatic heterocycles. The van der Waals surface area contributed by atoms with Crippen LogP contribution < -0.4 is 5.32 Å². The average Bonchev–Trinajstić information content (AvgIpc) is 2.82. The molecule has 16 heavy (non-hydrogen) atoms. The molecule has 3 heteroatoms. The number of piperidine rings is 1. The number of hydrogen-bond donors (Lipinski definition) is 1. The molecule has 2 saturated heterocycles. The van der Waals surface area contributed by atoms with Crippen LogP contribution in [0.25, 0.3) is 0 Å². The summed E-state index contributed by atoms with van der Waals surface area (Å²) in [6.07, 6.45) is 5.80. The van der Waals surface area contributed by atoms with Gasteiger partial charge in [-0.3, -0.25) is 4.90 Å². The zero-order valence-electron chi connectivity index (χ0n) is 10.2. The molecule has 1 N–H and O–H groups in total. The molecule has 0 aliphatic carbocycles. The Morgan fingerprint density at radius 2 is 2.12 bits per heavy atom. The van der Waals surface area contributed by atoms with Gasteiger partial charge in [0.2, 0.25) is 0 Å². The summed E-state index contributed by atoms with van der Waals surface area (Å²) in [5, 5.41) is 3.69. The molecule has 2 heterocycles. The van der Waals surface area contributed by atoms with Gasteiger partial charge in [0.05, 0.1) is 6.61 Å². The van der Waals surface area contributed by atoms with E-state index in [1.807, 2.05) is 6.08 Å². The normalized spacial score (nSPS) is 28.4. The molecule has 92 valence electrons. The largest absolute Gasteiger partial charge is 0.381 e. The lowest BCUT2D eigenvalue weighted by molar-refractivity contribution is 0.180. The van der Waals surface area contributed by atoms with E-state index < -0.39 is 0 Å². The maximum absolute atomic E-state index is 5.39. The Labute approximate surface area is 98.8 Å². The van der Waals surface area contributed by atoms with Crippen LogP contribution in [0.15, 0.2) is 12.7 Å². The number of ether oxygens (including phenoxy) is 1. The maximum Gasteiger partial charge on any atom is 0.0507 e. The van der Waals surface area contributed by atoms with Crippen molar-refractivity contribution < 1.29 is 4.74 Å². The number of nitrogens with zero attached hydrogens (tertiary/aromatic N) is 1. The quantitative estimate of drug-likeness (QED) is 0.712. The molecule has 0 amide bonds. The summed E-state index contributed by atoms with van der Waals surface area (Å²) in [5.41, 5.74) is 0. The first kappa shape index (κ1) is 12.1. The molecule has 2 fully saturated rings. The zero-order valence-corrected chi connectivity index (χ0v) is 10.2. The van der Waals surface area contributed by atoms with Crippen molar-refractivity contribution in [3.8, 4) is 0 Å². The summed E-state index contributed by atoms with van der Waals surface area (Å²) in [7, 11) is 0. The molecular formula is C13H24N2O. The molecule has 2 aliphatic heterocycles. The van der Waals surface area contributed by atoms with Crippen LogP contribution in [0.5, 0.6) is 0 Å². The van der Waals surface area contributed by atoms with Gasteiger partial charge in [-0.25, -0.2) is 0 Å². The van der Waals surface area contributed by atoms with Gasteiger partial charge in [0.1, 0.15) is 0 Å². The number of hydrogen-bond acceptors (Lipinski definition) is 3. The van der Waals surface area contributed by atoms with Crippen molar-refractivity contribution in [3.63, 3.8) is 0 Å². The summed E-state index contributed by atoms with van der Waals surface area (Å²) < 4.78 is 5.39. The summed E-state index contributed by atoms with van der Waals surface area (Å²) >= 11 is 0. The molecular weight excluding hydrogens is 200 g/mol. The zero-order chi connectivity index (χ0) is 11.2. The molecule has 0 spiro atoms. The van der Waals surface area contributed by atoms with Gasteiger partial charge in [0.15, 0.2) is 0 Å². The first-order valence-electron chi connectivity index (χ1n) is 6.53. The van der Waals surface area contributed by atoms with E-state index in [2.05, 4.69) is 16.8 Å². The Kier molecular flexibility index (Phi) is 4.82. The second kappa shape index (κ2) is 6.38. The standard InChI is InChI=1S/C13H24N2O/c1-2-6-15-7-3-13(4-8-15)14-10-12-5-9-16-11-12/h2,12-14H,1,3-11H2. The molecule has 0 bridgehead atoms. The van der Waals surface area contributed by atoms with Crippen molar-refractivity contribution in [2.45, 2.75) is 25.3 Å². The van der Waals surface area contributed by atoms with Crippen molar-refractivity contribution in [1.82, 2.24) is 10.2 Å². The van der Waals surface area contributed by atoms with Crippen molar-refractivity contribution in [3.05, 3.63) is 12.7 Å². The predicted octanol–water partition coefficient (Wildman–Crippen LogP) is 1.26. The Bertz CT molecular complexity index is 206. The van der Waals surface area contributed by atoms with Gasteiger partial charge in [-0.05, 0) is 38.3 Å². The molecule has 0 radical (unpaired) electrons. The molecule has 2 rings (SSSR count). The van der Waals surface area contributed by atoms with Crippen LogP contribution in [0.3, 0.4) is 0 Å². The highest BCUT2D eigenvalue weighted by Gasteiger charge is 2.20. The smallest absolute Gasteiger partial charge is 0.0507 e. The highest BCUT2D eigenvalue weighted by molar-refractivity contribution is 4.82. The minimum absolute atomic E-state index is 0.724. The van der Waals surface area contributed by atoms with Gasteiger partial charge >= 0.3 is 0 Å². The van der Waals surface area contributed by atoms with Gasteiger partial charge in [0, 0.05) is 25.7 Å². The van der Waals surface area contributed by atoms with E-state index >= 15 is 0 Å². The van der Waals surface area contributed by atoms with E-state index in [-0.39, 0.29) is 0 Å². The van der Waals surface area contributed by atoms with E-state index in [9.17, 15) is 0 Å². The van der Waals surface area contributed by atoms with Crippen molar-refractivity contribution >= 4 is 0 Å². The highest BCUT2D eigenvalue weighted by atomic mass is 16.5. The predicted molar refractivity (Wildman–Crippen MR) is 66.6 cm³/mol. The molecule has 1 atom stereocenters. The third-order valence-electron chi connectivity index (χ3n) is 3.69. The van der Waals surface area contributed by atoms with Gasteiger partial charge in [-0.1, -0.05) is 6.08 Å². The van der Waals surface area contributed by atoms with Crippen molar-refractivity contribution in [2.24, 2.45) is 5.92 Å². The second-order valence-corrected chi connectivity index (χ2v) is 5.00. The van der Waals surface area contributed by atoms with Crippen LogP contribution in [0.4, 0.5) is 0 Å². The molecule has 1 unspecified atom stereocenters. The molecule has 3 nitrogen and oxygen atoms in total. The van der Waals surface area contributed by atoms with Crippen LogP contribution in [-0.2, 0) is 4.74 Å². The summed E-state index contributed by atoms with van der Waals surface area (Å²) in [6, 6.07) is 0.724. The Balaban J connectivity index is 1.59. The average molecular weight is 224 g/mol. The fourth-order valence-corrected chi connectivity index (χ4v) is 2.58. The van der Waals surface area contributed by atoms with Crippen LogP contribution >= 0.6 is 0 Å². The maximum atomic E-state index is 5.39. The Hall–Kier alpha value is -0.380. The van der Waals surface area contributed by atoms with Crippen LogP contribution in [0.2, 0.25) is 0 Å². The van der Waals surface area contributed by atoms with E-state index in [1.165, 1.54) is 32.4 Å². The van der Waals surface area contributed by atoms with Gasteiger partial charge in [-0.2, -0.15) is 0 Å². The summed E-state index contributed by atoms with van der Waals surface area (Å²) in [4.78, 5) is 2.48. The van der Waals surface area contributed by atoms with E-state index in [4.69, 9.17) is 4.74 Å². The topological polar surface area (TPSA) is 24.5 Å². The minimum Gasteiger partial charge on any atom is -0.381 e. The molecule has 0 saturated carbocycles. The second-order valence-electron chi connectivity index (χ2n) is 5.00. The molecule has 0 aromatic carbocycles. The van der Waals surface area contributed by atoms with Crippen LogP contribution in [0, 0.1) is 5.92 Å². The van der Waals surface area contributed by atoms with Gasteiger partial charge < -0.3 is 10.1 Å². The summed E-state index contributed by atoms with van der Waals surface area (Å²) in [5.74, 6) is 0.756. The van der Waals surface area contributed by atoms with Crippen molar-refractivity contribution in [1.29, 1.82) is 0 Å². The SMILES string of the molecule is C=CCN1CCC(NCC2CCOC2)CC1. The molecule has 0 aromatic rings. The number of nitrogens with one attached hydrogen (secondary N) is 1. The third kappa shape index (κ3) is 3.58. The fraction of sp³-hybridized carbons (Fsp3) is 0.846. The lowest BCUT2D eigenvalue weighted by Crippen LogP contribution is -2.43. The minimum atomic E-state index is 0.724. The highest BCUT2D eigenvalue weighted by Crippen LogP contribution is 2.14. The van der Waals surface area contributed by atoms with E-state index in [0.29, 0.717) is 0 Å².